The molecule has 0 saturated carbocycles. The summed E-state index contributed by atoms with van der Waals surface area (Å²) in [7, 11) is 0. The smallest absolute Gasteiger partial charge is 0.407 e. The number of alkyl halides is 1. The van der Waals surface area contributed by atoms with Gasteiger partial charge < -0.3 is 29.3 Å². The van der Waals surface area contributed by atoms with E-state index in [1.54, 1.807) is 24.6 Å². The van der Waals surface area contributed by atoms with Crippen molar-refractivity contribution in [3.8, 4) is 11.3 Å². The van der Waals surface area contributed by atoms with Crippen LogP contribution in [0.2, 0.25) is 0 Å². The molecule has 4 rings (SSSR count). The van der Waals surface area contributed by atoms with Crippen molar-refractivity contribution in [2.75, 3.05) is 26.2 Å². The lowest BCUT2D eigenvalue weighted by molar-refractivity contribution is -0.161. The minimum absolute atomic E-state index is 0.0782. The van der Waals surface area contributed by atoms with Crippen molar-refractivity contribution in [3.05, 3.63) is 77.8 Å². The van der Waals surface area contributed by atoms with Gasteiger partial charge in [-0.15, -0.1) is 0 Å². The Bertz CT molecular complexity index is 1550. The Balaban J connectivity index is 1.93. The van der Waals surface area contributed by atoms with Crippen molar-refractivity contribution >= 4 is 18.0 Å². The number of carbonyl (C=O) groups is 3. The highest BCUT2D eigenvalue weighted by atomic mass is 19.1. The Hall–Kier alpha value is -4.39. The highest BCUT2D eigenvalue weighted by Gasteiger charge is 2.46. The molecule has 2 unspecified atom stereocenters. The standard InChI is InChI=1S/C33H39F3N4O6/c1-20(46-21(2)42)31(43)40(17-23-16-39(32(44)45)18-27(23)36)29(33(3,4)12-13-41)30-37-28(25-14-24(34)10-11-26(25)35)19-38(30)15-22-8-6-5-7-9-22/h5-11,14,19-20,23,27,29,41H,12-13,15-18H2,1-4H3,(H,44,45)/t20-,23?,27?,29-/m0/s1. The molecule has 248 valence electrons. The van der Waals surface area contributed by atoms with Gasteiger partial charge in [-0.1, -0.05) is 44.2 Å². The van der Waals surface area contributed by atoms with Crippen LogP contribution in [0.1, 0.15) is 51.5 Å². The topological polar surface area (TPSA) is 125 Å². The number of imidazole rings is 1. The first-order chi connectivity index (χ1) is 21.7. The summed E-state index contributed by atoms with van der Waals surface area (Å²) in [5.41, 5.74) is -0.187. The van der Waals surface area contributed by atoms with Crippen molar-refractivity contribution in [1.82, 2.24) is 19.4 Å². The molecular weight excluding hydrogens is 605 g/mol. The maximum atomic E-state index is 15.4. The van der Waals surface area contributed by atoms with Crippen LogP contribution in [-0.2, 0) is 20.9 Å². The summed E-state index contributed by atoms with van der Waals surface area (Å²) in [5, 5.41) is 19.6. The number of amides is 2. The Labute approximate surface area is 265 Å². The van der Waals surface area contributed by atoms with E-state index in [4.69, 9.17) is 9.72 Å². The molecule has 0 aliphatic carbocycles. The number of halogens is 3. The van der Waals surface area contributed by atoms with Gasteiger partial charge in [0.05, 0.1) is 18.3 Å². The predicted octanol–water partition coefficient (Wildman–Crippen LogP) is 5.05. The van der Waals surface area contributed by atoms with Crippen molar-refractivity contribution in [2.45, 2.75) is 59.0 Å². The normalized spacial score (nSPS) is 17.9. The first-order valence-corrected chi connectivity index (χ1v) is 15.0. The van der Waals surface area contributed by atoms with E-state index in [-0.39, 0.29) is 56.3 Å². The van der Waals surface area contributed by atoms with Crippen LogP contribution in [0, 0.1) is 23.0 Å². The molecule has 1 saturated heterocycles. The molecule has 2 heterocycles. The van der Waals surface area contributed by atoms with Crippen molar-refractivity contribution in [2.24, 2.45) is 11.3 Å². The Morgan fingerprint density at radius 3 is 2.43 bits per heavy atom. The average molecular weight is 645 g/mol. The third-order valence-corrected chi connectivity index (χ3v) is 8.30. The number of ether oxygens (including phenoxy) is 1. The zero-order chi connectivity index (χ0) is 33.8. The van der Waals surface area contributed by atoms with Crippen LogP contribution >= 0.6 is 0 Å². The molecule has 13 heteroatoms. The quantitative estimate of drug-likeness (QED) is 0.264. The molecule has 4 atom stereocenters. The summed E-state index contributed by atoms with van der Waals surface area (Å²) >= 11 is 0. The minimum Gasteiger partial charge on any atom is -0.465 e. The summed E-state index contributed by atoms with van der Waals surface area (Å²) in [4.78, 5) is 44.7. The summed E-state index contributed by atoms with van der Waals surface area (Å²) in [6, 6.07) is 11.2. The maximum Gasteiger partial charge on any atom is 0.407 e. The highest BCUT2D eigenvalue weighted by Crippen LogP contribution is 2.43. The predicted molar refractivity (Wildman–Crippen MR) is 162 cm³/mol. The summed E-state index contributed by atoms with van der Waals surface area (Å²) in [6.45, 7) is 5.14. The molecule has 10 nitrogen and oxygen atoms in total. The number of esters is 1. The second-order valence-corrected chi connectivity index (χ2v) is 12.3. The van der Waals surface area contributed by atoms with Gasteiger partial charge in [0.15, 0.2) is 6.10 Å². The lowest BCUT2D eigenvalue weighted by atomic mass is 9.79. The van der Waals surface area contributed by atoms with E-state index in [9.17, 15) is 29.0 Å². The molecule has 1 aliphatic heterocycles. The largest absolute Gasteiger partial charge is 0.465 e. The van der Waals surface area contributed by atoms with E-state index in [1.165, 1.54) is 11.8 Å². The number of aliphatic hydroxyl groups excluding tert-OH is 1. The number of carbonyl (C=O) groups excluding carboxylic acids is 2. The zero-order valence-electron chi connectivity index (χ0n) is 26.2. The Kier molecular flexibility index (Phi) is 10.8. The number of hydrogen-bond donors (Lipinski definition) is 2. The Morgan fingerprint density at radius 1 is 1.13 bits per heavy atom. The Morgan fingerprint density at radius 2 is 1.83 bits per heavy atom. The van der Waals surface area contributed by atoms with E-state index in [0.717, 1.165) is 35.6 Å². The molecule has 3 aromatic rings. The first kappa shape index (κ1) is 34.5. The lowest BCUT2D eigenvalue weighted by Gasteiger charge is -2.43. The fourth-order valence-electron chi connectivity index (χ4n) is 5.98. The number of aliphatic hydroxyl groups is 1. The van der Waals surface area contributed by atoms with Gasteiger partial charge >= 0.3 is 12.1 Å². The second-order valence-electron chi connectivity index (χ2n) is 12.3. The molecular formula is C33H39F3N4O6. The van der Waals surface area contributed by atoms with Crippen LogP contribution in [0.25, 0.3) is 11.3 Å². The molecule has 1 fully saturated rings. The minimum atomic E-state index is -1.60. The molecule has 2 amide bonds. The van der Waals surface area contributed by atoms with Crippen molar-refractivity contribution in [1.29, 1.82) is 0 Å². The SMILES string of the molecule is CC(=O)O[C@@H](C)C(=O)N(CC1CN(C(=O)O)CC1F)[C@@H](c1nc(-c2cc(F)ccc2F)cn1Cc1ccccc1)C(C)(C)CCO. The number of aromatic nitrogens is 2. The van der Waals surface area contributed by atoms with E-state index in [1.807, 2.05) is 30.3 Å². The first-order valence-electron chi connectivity index (χ1n) is 15.0. The monoisotopic (exact) mass is 644 g/mol. The molecule has 46 heavy (non-hydrogen) atoms. The fourth-order valence-corrected chi connectivity index (χ4v) is 5.98. The van der Waals surface area contributed by atoms with Gasteiger partial charge in [-0.2, -0.15) is 0 Å². The summed E-state index contributed by atoms with van der Waals surface area (Å²) in [6.07, 6.45) is -2.53. The van der Waals surface area contributed by atoms with E-state index >= 15 is 8.78 Å². The number of nitrogens with zero attached hydrogens (tertiary/aromatic N) is 4. The van der Waals surface area contributed by atoms with Crippen LogP contribution in [0.3, 0.4) is 0 Å². The summed E-state index contributed by atoms with van der Waals surface area (Å²) in [5.74, 6) is -3.53. The van der Waals surface area contributed by atoms with Gasteiger partial charge in [0.1, 0.15) is 23.6 Å². The van der Waals surface area contributed by atoms with E-state index < -0.39 is 59.3 Å². The van der Waals surface area contributed by atoms with Gasteiger partial charge in [0.2, 0.25) is 0 Å². The number of likely N-dealkylation sites (tertiary alicyclic amines) is 1. The number of rotatable bonds is 12. The summed E-state index contributed by atoms with van der Waals surface area (Å²) < 4.78 is 51.6. The van der Waals surface area contributed by atoms with Crippen LogP contribution in [0.4, 0.5) is 18.0 Å². The average Bonchev–Trinajstić information content (AvgIpc) is 3.56. The third kappa shape index (κ3) is 7.87. The van der Waals surface area contributed by atoms with Gasteiger partial charge in [-0.25, -0.2) is 22.9 Å². The molecule has 1 aromatic heterocycles. The van der Waals surface area contributed by atoms with Crippen LogP contribution in [-0.4, -0.2) is 86.1 Å². The molecule has 2 N–H and O–H groups in total. The third-order valence-electron chi connectivity index (χ3n) is 8.30. The van der Waals surface area contributed by atoms with Crippen LogP contribution in [0.5, 0.6) is 0 Å². The zero-order valence-corrected chi connectivity index (χ0v) is 26.2. The number of carboxylic acid groups (broad SMARTS) is 1. The van der Waals surface area contributed by atoms with E-state index in [2.05, 4.69) is 0 Å². The van der Waals surface area contributed by atoms with Crippen molar-refractivity contribution < 1.29 is 42.5 Å². The van der Waals surface area contributed by atoms with Gasteiger partial charge in [-0.05, 0) is 42.5 Å². The fraction of sp³-hybridized carbons (Fsp3) is 0.455. The van der Waals surface area contributed by atoms with E-state index in [0.29, 0.717) is 0 Å². The molecule has 0 bridgehead atoms. The molecule has 2 aromatic carbocycles. The number of hydrogen-bond acceptors (Lipinski definition) is 6. The molecule has 0 radical (unpaired) electrons. The number of benzene rings is 2. The highest BCUT2D eigenvalue weighted by molar-refractivity contribution is 5.83. The van der Waals surface area contributed by atoms with Crippen LogP contribution < -0.4 is 0 Å². The van der Waals surface area contributed by atoms with Crippen molar-refractivity contribution in [3.63, 3.8) is 0 Å². The van der Waals surface area contributed by atoms with Crippen LogP contribution in [0.15, 0.2) is 54.7 Å². The molecule has 1 aliphatic rings. The van der Waals surface area contributed by atoms with Gasteiger partial charge in [0, 0.05) is 50.8 Å². The van der Waals surface area contributed by atoms with Gasteiger partial charge in [0.25, 0.3) is 5.91 Å². The lowest BCUT2D eigenvalue weighted by Crippen LogP contribution is -2.50. The molecule has 0 spiro atoms. The second kappa shape index (κ2) is 14.4. The maximum absolute atomic E-state index is 15.4. The van der Waals surface area contributed by atoms with Gasteiger partial charge in [-0.3, -0.25) is 9.59 Å².